The third-order valence-electron chi connectivity index (χ3n) is 3.80. The minimum Gasteiger partial charge on any atom is -0.365 e. The van der Waals surface area contributed by atoms with Gasteiger partial charge in [0.2, 0.25) is 0 Å². The van der Waals surface area contributed by atoms with Crippen LogP contribution in [0.4, 0.5) is 5.82 Å². The van der Waals surface area contributed by atoms with Crippen LogP contribution in [-0.2, 0) is 0 Å². The Labute approximate surface area is 117 Å². The number of hydrogen-bond donors (Lipinski definition) is 1. The molecule has 1 N–H and O–H groups in total. The van der Waals surface area contributed by atoms with E-state index in [-0.39, 0.29) is 0 Å². The van der Waals surface area contributed by atoms with Crippen LogP contribution in [-0.4, -0.2) is 16.0 Å². The van der Waals surface area contributed by atoms with Crippen LogP contribution in [0.1, 0.15) is 17.9 Å². The van der Waals surface area contributed by atoms with Gasteiger partial charge in [0.15, 0.2) is 0 Å². The number of para-hydroxylation sites is 2. The summed E-state index contributed by atoms with van der Waals surface area (Å²) in [6.45, 7) is 0. The molecule has 0 bridgehead atoms. The van der Waals surface area contributed by atoms with Gasteiger partial charge in [-0.3, -0.25) is 4.98 Å². The van der Waals surface area contributed by atoms with Gasteiger partial charge in [-0.15, -0.1) is 0 Å². The molecule has 0 spiro atoms. The summed E-state index contributed by atoms with van der Waals surface area (Å²) < 4.78 is 0. The van der Waals surface area contributed by atoms with Crippen molar-refractivity contribution in [3.05, 3.63) is 66.4 Å². The van der Waals surface area contributed by atoms with Crippen molar-refractivity contribution in [1.82, 2.24) is 9.97 Å². The predicted molar refractivity (Wildman–Crippen MR) is 80.7 cm³/mol. The predicted octanol–water partition coefficient (Wildman–Crippen LogP) is 3.60. The first-order valence-corrected chi connectivity index (χ1v) is 6.93. The van der Waals surface area contributed by atoms with Gasteiger partial charge in [0.25, 0.3) is 0 Å². The van der Waals surface area contributed by atoms with Crippen molar-refractivity contribution in [3.8, 4) is 0 Å². The molecule has 1 aromatic heterocycles. The van der Waals surface area contributed by atoms with Gasteiger partial charge in [-0.25, -0.2) is 4.98 Å². The topological polar surface area (TPSA) is 37.8 Å². The van der Waals surface area contributed by atoms with Crippen LogP contribution >= 0.6 is 0 Å². The fourth-order valence-electron chi connectivity index (χ4n) is 2.64. The molecule has 98 valence electrons. The van der Waals surface area contributed by atoms with Crippen molar-refractivity contribution >= 4 is 16.9 Å². The maximum atomic E-state index is 4.61. The Bertz CT molecular complexity index is 739. The van der Waals surface area contributed by atoms with Crippen molar-refractivity contribution in [2.75, 3.05) is 5.32 Å². The highest BCUT2D eigenvalue weighted by atomic mass is 15.1. The van der Waals surface area contributed by atoms with Gasteiger partial charge in [-0.05, 0) is 24.1 Å². The molecule has 1 aliphatic carbocycles. The van der Waals surface area contributed by atoms with Crippen molar-refractivity contribution in [3.63, 3.8) is 0 Å². The Balaban J connectivity index is 1.52. The lowest BCUT2D eigenvalue weighted by molar-refractivity contribution is 1.03. The SMILES string of the molecule is c1ccc(C2CC2Nc2cnc3ccccc3n2)cc1. The molecule has 0 saturated heterocycles. The van der Waals surface area contributed by atoms with Crippen LogP contribution in [0.15, 0.2) is 60.8 Å². The van der Waals surface area contributed by atoms with E-state index < -0.39 is 0 Å². The largest absolute Gasteiger partial charge is 0.365 e. The van der Waals surface area contributed by atoms with E-state index in [9.17, 15) is 0 Å². The third-order valence-corrected chi connectivity index (χ3v) is 3.80. The van der Waals surface area contributed by atoms with E-state index in [1.165, 1.54) is 12.0 Å². The van der Waals surface area contributed by atoms with E-state index in [1.807, 2.05) is 30.5 Å². The Kier molecular flexibility index (Phi) is 2.62. The first kappa shape index (κ1) is 11.4. The maximum absolute atomic E-state index is 4.61. The number of benzene rings is 2. The van der Waals surface area contributed by atoms with E-state index >= 15 is 0 Å². The molecule has 1 saturated carbocycles. The molecule has 0 amide bonds. The fourth-order valence-corrected chi connectivity index (χ4v) is 2.64. The highest BCUT2D eigenvalue weighted by Crippen LogP contribution is 2.42. The molecule has 1 fully saturated rings. The molecule has 0 radical (unpaired) electrons. The van der Waals surface area contributed by atoms with Gasteiger partial charge in [0.05, 0.1) is 17.2 Å². The zero-order chi connectivity index (χ0) is 13.4. The summed E-state index contributed by atoms with van der Waals surface area (Å²) in [4.78, 5) is 9.04. The highest BCUT2D eigenvalue weighted by molar-refractivity contribution is 5.75. The average Bonchev–Trinajstić information content (AvgIpc) is 3.27. The number of nitrogens with zero attached hydrogens (tertiary/aromatic N) is 2. The van der Waals surface area contributed by atoms with E-state index in [0.717, 1.165) is 16.9 Å². The lowest BCUT2D eigenvalue weighted by atomic mass is 10.1. The summed E-state index contributed by atoms with van der Waals surface area (Å²) in [7, 11) is 0. The van der Waals surface area contributed by atoms with E-state index in [1.54, 1.807) is 0 Å². The molecular weight excluding hydrogens is 246 g/mol. The second-order valence-electron chi connectivity index (χ2n) is 5.25. The van der Waals surface area contributed by atoms with Crippen molar-refractivity contribution in [1.29, 1.82) is 0 Å². The minimum absolute atomic E-state index is 0.480. The Hall–Kier alpha value is -2.42. The molecule has 3 heteroatoms. The standard InChI is InChI=1S/C17H15N3/c1-2-6-12(7-3-1)13-10-16(13)20-17-11-18-14-8-4-5-9-15(14)19-17/h1-9,11,13,16H,10H2,(H,19,20). The van der Waals surface area contributed by atoms with Crippen LogP contribution in [0.5, 0.6) is 0 Å². The van der Waals surface area contributed by atoms with Gasteiger partial charge in [-0.1, -0.05) is 42.5 Å². The van der Waals surface area contributed by atoms with Crippen molar-refractivity contribution in [2.24, 2.45) is 0 Å². The second-order valence-corrected chi connectivity index (χ2v) is 5.25. The zero-order valence-corrected chi connectivity index (χ0v) is 11.0. The Morgan fingerprint density at radius 1 is 0.900 bits per heavy atom. The monoisotopic (exact) mass is 261 g/mol. The molecule has 1 aliphatic rings. The van der Waals surface area contributed by atoms with Gasteiger partial charge in [-0.2, -0.15) is 0 Å². The normalized spacial score (nSPS) is 20.8. The molecule has 2 atom stereocenters. The molecule has 2 unspecified atom stereocenters. The molecule has 3 aromatic rings. The average molecular weight is 261 g/mol. The van der Waals surface area contributed by atoms with E-state index in [4.69, 9.17) is 0 Å². The molecule has 0 aliphatic heterocycles. The maximum Gasteiger partial charge on any atom is 0.145 e. The van der Waals surface area contributed by atoms with E-state index in [0.29, 0.717) is 12.0 Å². The number of anilines is 1. The quantitative estimate of drug-likeness (QED) is 0.782. The first-order valence-electron chi connectivity index (χ1n) is 6.93. The highest BCUT2D eigenvalue weighted by Gasteiger charge is 2.38. The number of hydrogen-bond acceptors (Lipinski definition) is 3. The van der Waals surface area contributed by atoms with Crippen LogP contribution in [0.2, 0.25) is 0 Å². The number of fused-ring (bicyclic) bond motifs is 1. The molecule has 2 aromatic carbocycles. The first-order chi connectivity index (χ1) is 9.90. The zero-order valence-electron chi connectivity index (χ0n) is 11.0. The van der Waals surface area contributed by atoms with Gasteiger partial charge in [0, 0.05) is 12.0 Å². The molecule has 3 nitrogen and oxygen atoms in total. The van der Waals surface area contributed by atoms with Gasteiger partial charge in [0.1, 0.15) is 5.82 Å². The fraction of sp³-hybridized carbons (Fsp3) is 0.176. The van der Waals surface area contributed by atoms with Crippen LogP contribution < -0.4 is 5.32 Å². The Morgan fingerprint density at radius 2 is 1.65 bits per heavy atom. The van der Waals surface area contributed by atoms with Crippen molar-refractivity contribution < 1.29 is 0 Å². The number of nitrogens with one attached hydrogen (secondary N) is 1. The molecule has 1 heterocycles. The summed E-state index contributed by atoms with van der Waals surface area (Å²) in [5, 5.41) is 3.48. The molecule has 4 rings (SSSR count). The summed E-state index contributed by atoms with van der Waals surface area (Å²) in [5.74, 6) is 1.47. The van der Waals surface area contributed by atoms with Crippen LogP contribution in [0.3, 0.4) is 0 Å². The minimum atomic E-state index is 0.480. The lowest BCUT2D eigenvalue weighted by Gasteiger charge is -2.06. The Morgan fingerprint density at radius 3 is 2.50 bits per heavy atom. The summed E-state index contributed by atoms with van der Waals surface area (Å²) >= 11 is 0. The summed E-state index contributed by atoms with van der Waals surface area (Å²) in [6, 6.07) is 19.1. The smallest absolute Gasteiger partial charge is 0.145 e. The molecular formula is C17H15N3. The number of rotatable bonds is 3. The van der Waals surface area contributed by atoms with Gasteiger partial charge >= 0.3 is 0 Å². The third kappa shape index (κ3) is 2.11. The van der Waals surface area contributed by atoms with Crippen molar-refractivity contribution in [2.45, 2.75) is 18.4 Å². The van der Waals surface area contributed by atoms with Gasteiger partial charge < -0.3 is 5.32 Å². The summed E-state index contributed by atoms with van der Waals surface area (Å²) in [6.07, 6.45) is 2.99. The van der Waals surface area contributed by atoms with E-state index in [2.05, 4.69) is 45.6 Å². The summed E-state index contributed by atoms with van der Waals surface area (Å²) in [5.41, 5.74) is 3.28. The number of aromatic nitrogens is 2. The molecule has 20 heavy (non-hydrogen) atoms. The van der Waals surface area contributed by atoms with Crippen LogP contribution in [0.25, 0.3) is 11.0 Å². The van der Waals surface area contributed by atoms with Crippen LogP contribution in [0, 0.1) is 0 Å². The lowest BCUT2D eigenvalue weighted by Crippen LogP contribution is -2.06. The second kappa shape index (κ2) is 4.60.